The lowest BCUT2D eigenvalue weighted by Gasteiger charge is -2.30. The lowest BCUT2D eigenvalue weighted by Crippen LogP contribution is -2.59. The molecule has 18 N–H and O–H groups in total. The zero-order valence-electron chi connectivity index (χ0n) is 47.4. The fourth-order valence-electron chi connectivity index (χ4n) is 9.01. The van der Waals surface area contributed by atoms with Crippen LogP contribution in [0.5, 0.6) is 0 Å². The summed E-state index contributed by atoms with van der Waals surface area (Å²) in [5.74, 6) is -6.25. The number of rotatable bonds is 28. The van der Waals surface area contributed by atoms with Crippen LogP contribution in [0.2, 0.25) is 0 Å². The van der Waals surface area contributed by atoms with Gasteiger partial charge in [0.15, 0.2) is 0 Å². The van der Waals surface area contributed by atoms with Gasteiger partial charge in [0, 0.05) is 38.1 Å². The highest BCUT2D eigenvalue weighted by molar-refractivity contribution is 7.80. The van der Waals surface area contributed by atoms with Crippen molar-refractivity contribution >= 4 is 71.7 Å². The Kier molecular flexibility index (Phi) is 36.1. The van der Waals surface area contributed by atoms with E-state index in [2.05, 4.69) is 55.2 Å². The quantitative estimate of drug-likeness (QED) is 0.0364. The first kappa shape index (κ1) is 70.2. The summed E-state index contributed by atoms with van der Waals surface area (Å²) in [6, 6.07) is 1.12. The van der Waals surface area contributed by atoms with Crippen LogP contribution in [0, 0.1) is 5.92 Å². The summed E-state index contributed by atoms with van der Waals surface area (Å²) in [4.78, 5) is 139. The second-order valence-corrected chi connectivity index (χ2v) is 21.2. The van der Waals surface area contributed by atoms with Gasteiger partial charge in [0.05, 0.1) is 6.54 Å². The number of thiol groups is 1. The van der Waals surface area contributed by atoms with E-state index in [9.17, 15) is 47.9 Å². The van der Waals surface area contributed by atoms with Gasteiger partial charge in [0.1, 0.15) is 42.3 Å². The Morgan fingerprint density at radius 1 is 0.600 bits per heavy atom. The standard InChI is InChI=1S/C55H96N14O10S/c1-37(2)48-54(78)61-32-18-3-4-19-33-69(35-47(72)63-40(23-11-15-29-57)51(75)66-43(34-38-20-6-5-7-21-38)53(77)67-44(36-80)49(60)73)55(79)42(25-13-17-31-59)65-52(76)41(24-12-16-30-58)64-50(74)39(22-10-14-28-56)62-45(70)26-8-9-27-46(71)68-48/h5-7,20-21,37,39-44,48,80H,3-4,8-19,22-36,56-59H2,1-2H3,(H2,60,73)(H,61,78)(H,62,70)(H,63,72)(H,64,74)(H,65,76)(H,66,75)(H,67,77)(H,68,71)/t39-,40-,41-,42-,43-,44-,48-/m0/s1. The van der Waals surface area contributed by atoms with E-state index >= 15 is 0 Å². The van der Waals surface area contributed by atoms with Gasteiger partial charge in [-0.1, -0.05) is 57.0 Å². The van der Waals surface area contributed by atoms with E-state index in [-0.39, 0.29) is 75.0 Å². The number of primary amides is 1. The minimum Gasteiger partial charge on any atom is -0.368 e. The van der Waals surface area contributed by atoms with Gasteiger partial charge in [-0.2, -0.15) is 12.6 Å². The molecule has 25 heteroatoms. The van der Waals surface area contributed by atoms with E-state index in [0.717, 1.165) is 0 Å². The molecule has 1 aromatic carbocycles. The predicted molar refractivity (Wildman–Crippen MR) is 310 cm³/mol. The molecule has 10 amide bonds. The van der Waals surface area contributed by atoms with E-state index in [1.807, 2.05) is 13.8 Å². The van der Waals surface area contributed by atoms with Crippen molar-refractivity contribution in [2.24, 2.45) is 34.6 Å². The molecule has 0 saturated carbocycles. The number of hydrogen-bond donors (Lipinski definition) is 14. The van der Waals surface area contributed by atoms with Gasteiger partial charge >= 0.3 is 0 Å². The minimum atomic E-state index is -1.22. The molecule has 452 valence electrons. The SMILES string of the molecule is CC(C)[C@@H]1NC(=O)CCCCC(=O)N[C@@H](CCCCN)C(=O)N[C@@H](CCCCN)C(=O)N[C@@H](CCCCN)C(=O)N(CC(=O)N[C@@H](CCCCN)C(=O)N[C@@H](Cc2ccccc2)C(=O)N[C@@H](CS)C(N)=O)CCCCCCNC1=O. The maximum atomic E-state index is 15.0. The number of amides is 10. The topological polar surface area (TPSA) is 400 Å². The number of nitrogens with zero attached hydrogens (tertiary/aromatic N) is 1. The molecular formula is C55H96N14O10S. The Bertz CT molecular complexity index is 2070. The van der Waals surface area contributed by atoms with Crippen LogP contribution in [-0.2, 0) is 54.4 Å². The van der Waals surface area contributed by atoms with E-state index in [1.165, 1.54) is 4.90 Å². The molecule has 1 aliphatic rings. The van der Waals surface area contributed by atoms with Crippen LogP contribution in [0.1, 0.15) is 148 Å². The van der Waals surface area contributed by atoms with Gasteiger partial charge in [-0.15, -0.1) is 0 Å². The van der Waals surface area contributed by atoms with Gasteiger partial charge in [-0.25, -0.2) is 0 Å². The molecule has 0 radical (unpaired) electrons. The normalized spacial score (nSPS) is 20.2. The number of nitrogens with two attached hydrogens (primary N) is 5. The van der Waals surface area contributed by atoms with Crippen LogP contribution in [0.4, 0.5) is 0 Å². The number of benzene rings is 1. The van der Waals surface area contributed by atoms with Gasteiger partial charge in [0.2, 0.25) is 59.1 Å². The van der Waals surface area contributed by atoms with Crippen molar-refractivity contribution in [1.29, 1.82) is 0 Å². The van der Waals surface area contributed by atoms with E-state index in [4.69, 9.17) is 28.7 Å². The lowest BCUT2D eigenvalue weighted by atomic mass is 10.0. The van der Waals surface area contributed by atoms with Gasteiger partial charge in [-0.3, -0.25) is 47.9 Å². The third-order valence-electron chi connectivity index (χ3n) is 13.7. The molecular weight excluding hydrogens is 1050 g/mol. The summed E-state index contributed by atoms with van der Waals surface area (Å²) in [5, 5.41) is 22.3. The second-order valence-electron chi connectivity index (χ2n) is 20.9. The van der Waals surface area contributed by atoms with E-state index in [1.54, 1.807) is 30.3 Å². The van der Waals surface area contributed by atoms with E-state index < -0.39 is 96.1 Å². The molecule has 0 aromatic heterocycles. The fourth-order valence-corrected chi connectivity index (χ4v) is 9.28. The summed E-state index contributed by atoms with van der Waals surface area (Å²) in [6.45, 7) is 4.73. The number of nitrogens with one attached hydrogen (secondary N) is 8. The Hall–Kier alpha value is -5.89. The van der Waals surface area contributed by atoms with Gasteiger partial charge in [0.25, 0.3) is 0 Å². The van der Waals surface area contributed by atoms with Crippen molar-refractivity contribution in [3.63, 3.8) is 0 Å². The number of carbonyl (C=O) groups excluding carboxylic acids is 10. The molecule has 0 unspecified atom stereocenters. The third kappa shape index (κ3) is 28.5. The molecule has 1 aromatic rings. The first-order valence-corrected chi connectivity index (χ1v) is 29.4. The van der Waals surface area contributed by atoms with Crippen molar-refractivity contribution in [3.8, 4) is 0 Å². The molecule has 1 aliphatic heterocycles. The summed E-state index contributed by atoms with van der Waals surface area (Å²) in [5.41, 5.74) is 29.5. The number of unbranched alkanes of at least 4 members (excludes halogenated alkanes) is 4. The molecule has 2 rings (SSSR count). The Morgan fingerprint density at radius 3 is 1.68 bits per heavy atom. The molecule has 24 nitrogen and oxygen atoms in total. The van der Waals surface area contributed by atoms with Crippen LogP contribution in [0.15, 0.2) is 30.3 Å². The molecule has 1 heterocycles. The third-order valence-corrected chi connectivity index (χ3v) is 14.1. The lowest BCUT2D eigenvalue weighted by molar-refractivity contribution is -0.141. The highest BCUT2D eigenvalue weighted by Crippen LogP contribution is 2.14. The van der Waals surface area contributed by atoms with Crippen molar-refractivity contribution in [2.45, 2.75) is 191 Å². The van der Waals surface area contributed by atoms with Crippen molar-refractivity contribution in [2.75, 3.05) is 51.6 Å². The molecule has 0 bridgehead atoms. The molecule has 1 fully saturated rings. The maximum Gasteiger partial charge on any atom is 0.245 e. The van der Waals surface area contributed by atoms with Crippen LogP contribution in [0.25, 0.3) is 0 Å². The average Bonchev–Trinajstić information content (AvgIpc) is 3.42. The maximum absolute atomic E-state index is 15.0. The van der Waals surface area contributed by atoms with Gasteiger partial charge < -0.3 is 76.1 Å². The first-order chi connectivity index (χ1) is 38.4. The van der Waals surface area contributed by atoms with Crippen LogP contribution >= 0.6 is 12.6 Å². The average molecular weight is 1150 g/mol. The van der Waals surface area contributed by atoms with Crippen LogP contribution < -0.4 is 71.2 Å². The Labute approximate surface area is 478 Å². The van der Waals surface area contributed by atoms with Crippen LogP contribution in [0.3, 0.4) is 0 Å². The molecule has 7 atom stereocenters. The first-order valence-electron chi connectivity index (χ1n) is 28.8. The van der Waals surface area contributed by atoms with Crippen LogP contribution in [-0.4, -0.2) is 158 Å². The molecule has 0 spiro atoms. The molecule has 1 saturated heterocycles. The summed E-state index contributed by atoms with van der Waals surface area (Å²) in [6.07, 6.45) is 7.37. The van der Waals surface area contributed by atoms with Crippen molar-refractivity contribution < 1.29 is 47.9 Å². The van der Waals surface area contributed by atoms with E-state index in [0.29, 0.717) is 128 Å². The highest BCUT2D eigenvalue weighted by Gasteiger charge is 2.34. The Balaban J connectivity index is 2.61. The molecule has 80 heavy (non-hydrogen) atoms. The molecule has 0 aliphatic carbocycles. The second kappa shape index (κ2) is 41.2. The van der Waals surface area contributed by atoms with Crippen molar-refractivity contribution in [3.05, 3.63) is 35.9 Å². The summed E-state index contributed by atoms with van der Waals surface area (Å²) < 4.78 is 0. The minimum absolute atomic E-state index is 0.0106. The zero-order valence-corrected chi connectivity index (χ0v) is 48.3. The smallest absolute Gasteiger partial charge is 0.245 e. The van der Waals surface area contributed by atoms with Crippen molar-refractivity contribution in [1.82, 2.24) is 47.4 Å². The monoisotopic (exact) mass is 1140 g/mol. The predicted octanol–water partition coefficient (Wildman–Crippen LogP) is -0.711. The van der Waals surface area contributed by atoms with Gasteiger partial charge in [-0.05, 0) is 140 Å². The highest BCUT2D eigenvalue weighted by atomic mass is 32.1. The zero-order chi connectivity index (χ0) is 59.2. The number of hydrogen-bond acceptors (Lipinski definition) is 15. The summed E-state index contributed by atoms with van der Waals surface area (Å²) in [7, 11) is 0. The fraction of sp³-hybridized carbons (Fsp3) is 0.709. The number of carbonyl (C=O) groups is 10. The Morgan fingerprint density at radius 2 is 1.11 bits per heavy atom. The summed E-state index contributed by atoms with van der Waals surface area (Å²) >= 11 is 4.14. The largest absolute Gasteiger partial charge is 0.368 e.